The molecule has 7 rings (SSSR count). The van der Waals surface area contributed by atoms with Crippen LogP contribution in [0.15, 0.2) is 35.7 Å². The number of carboxylic acid groups (broad SMARTS) is 1. The average Bonchev–Trinajstić information content (AvgIpc) is 3.40. The Morgan fingerprint density at radius 3 is 2.61 bits per heavy atom. The second-order valence-corrected chi connectivity index (χ2v) is 15.3. The molecule has 49 heavy (non-hydrogen) atoms. The number of hydrogen-bond donors (Lipinski definition) is 2. The number of methoxy groups -OCH3 is 1. The van der Waals surface area contributed by atoms with Crippen LogP contribution < -0.4 is 14.8 Å². The number of aryl methyl sites for hydroxylation is 1. The molecule has 2 N–H and O–H groups in total. The van der Waals surface area contributed by atoms with Crippen molar-refractivity contribution >= 4 is 40.0 Å². The topological polar surface area (TPSA) is 131 Å². The first-order chi connectivity index (χ1) is 23.7. The molecule has 11 heteroatoms. The number of amides is 2. The van der Waals surface area contributed by atoms with Crippen molar-refractivity contribution in [1.82, 2.24) is 20.2 Å². The molecule has 0 bridgehead atoms. The first-order valence-corrected chi connectivity index (χ1v) is 18.6. The smallest absolute Gasteiger partial charge is 0.330 e. The van der Waals surface area contributed by atoms with Crippen LogP contribution in [0.4, 0.5) is 0 Å². The van der Waals surface area contributed by atoms with E-state index in [9.17, 15) is 19.5 Å². The van der Waals surface area contributed by atoms with Crippen LogP contribution in [-0.2, 0) is 14.4 Å². The quantitative estimate of drug-likeness (QED) is 0.276. The summed E-state index contributed by atoms with van der Waals surface area (Å²) < 4.78 is 12.4. The predicted octanol–water partition coefficient (Wildman–Crippen LogP) is 6.65. The Hall–Kier alpha value is -3.99. The minimum Gasteiger partial charge on any atom is -0.496 e. The molecule has 2 aromatic heterocycles. The van der Waals surface area contributed by atoms with E-state index < -0.39 is 35.4 Å². The van der Waals surface area contributed by atoms with E-state index in [-0.39, 0.29) is 11.8 Å². The maximum Gasteiger partial charge on any atom is 0.330 e. The van der Waals surface area contributed by atoms with Gasteiger partial charge < -0.3 is 24.8 Å². The maximum atomic E-state index is 13.9. The number of aromatic nitrogens is 2. The van der Waals surface area contributed by atoms with Gasteiger partial charge in [-0.3, -0.25) is 9.59 Å². The van der Waals surface area contributed by atoms with Crippen LogP contribution in [0, 0.1) is 24.7 Å². The van der Waals surface area contributed by atoms with E-state index >= 15 is 0 Å². The summed E-state index contributed by atoms with van der Waals surface area (Å²) in [6, 6.07) is 5.77. The molecule has 260 valence electrons. The van der Waals surface area contributed by atoms with Gasteiger partial charge >= 0.3 is 5.97 Å². The Kier molecular flexibility index (Phi) is 9.39. The van der Waals surface area contributed by atoms with Crippen molar-refractivity contribution < 1.29 is 29.0 Å². The molecule has 3 saturated carbocycles. The predicted molar refractivity (Wildman–Crippen MR) is 188 cm³/mol. The van der Waals surface area contributed by atoms with E-state index in [2.05, 4.69) is 10.7 Å². The first-order valence-electron chi connectivity index (χ1n) is 17.8. The molecule has 1 aliphatic heterocycles. The molecule has 0 radical (unpaired) electrons. The minimum absolute atomic E-state index is 0.103. The van der Waals surface area contributed by atoms with Crippen LogP contribution in [0.25, 0.3) is 22.3 Å². The van der Waals surface area contributed by atoms with E-state index in [0.29, 0.717) is 43.2 Å². The number of hydrogen-bond acceptors (Lipinski definition) is 8. The van der Waals surface area contributed by atoms with Crippen LogP contribution in [0.5, 0.6) is 11.5 Å². The zero-order valence-corrected chi connectivity index (χ0v) is 29.4. The number of nitrogens with zero attached hydrogens (tertiary/aromatic N) is 3. The highest BCUT2D eigenvalue weighted by Gasteiger charge is 2.61. The Balaban J connectivity index is 1.21. The summed E-state index contributed by atoms with van der Waals surface area (Å²) in [5.74, 6) is -1.31. The summed E-state index contributed by atoms with van der Waals surface area (Å²) in [6.45, 7) is 2.58. The number of nitrogens with one attached hydrogen (secondary N) is 1. The van der Waals surface area contributed by atoms with Crippen LogP contribution in [-0.4, -0.2) is 70.1 Å². The number of aliphatic carboxylic acids is 1. The van der Waals surface area contributed by atoms with Gasteiger partial charge in [-0.05, 0) is 70.4 Å². The lowest BCUT2D eigenvalue weighted by Gasteiger charge is -2.26. The summed E-state index contributed by atoms with van der Waals surface area (Å²) in [6.07, 6.45) is 13.1. The van der Waals surface area contributed by atoms with Gasteiger partial charge in [-0.15, -0.1) is 11.3 Å². The lowest BCUT2D eigenvalue weighted by Crippen LogP contribution is -2.49. The highest BCUT2D eigenvalue weighted by atomic mass is 32.1. The van der Waals surface area contributed by atoms with Crippen molar-refractivity contribution in [2.45, 2.75) is 95.1 Å². The van der Waals surface area contributed by atoms with Crippen molar-refractivity contribution in [3.8, 4) is 22.9 Å². The lowest BCUT2D eigenvalue weighted by atomic mass is 9.90. The van der Waals surface area contributed by atoms with Gasteiger partial charge in [-0.25, -0.2) is 14.8 Å². The molecule has 5 atom stereocenters. The van der Waals surface area contributed by atoms with Crippen molar-refractivity contribution in [1.29, 1.82) is 0 Å². The molecule has 0 saturated heterocycles. The van der Waals surface area contributed by atoms with E-state index in [0.717, 1.165) is 52.2 Å². The van der Waals surface area contributed by atoms with Crippen molar-refractivity contribution in [3.05, 3.63) is 46.3 Å². The molecule has 3 aliphatic carbocycles. The minimum atomic E-state index is -1.33. The van der Waals surface area contributed by atoms with Gasteiger partial charge in [-0.2, -0.15) is 0 Å². The monoisotopic (exact) mass is 686 g/mol. The molecule has 3 aromatic rings. The summed E-state index contributed by atoms with van der Waals surface area (Å²) in [7, 11) is 3.43. The summed E-state index contributed by atoms with van der Waals surface area (Å²) in [5.41, 5.74) is 1.82. The van der Waals surface area contributed by atoms with Crippen molar-refractivity contribution in [3.63, 3.8) is 0 Å². The molecule has 3 heterocycles. The number of fused-ring (bicyclic) bond motifs is 3. The number of carbonyl (C=O) groups excluding carboxylic acids is 2. The van der Waals surface area contributed by atoms with Crippen molar-refractivity contribution in [2.24, 2.45) is 17.8 Å². The lowest BCUT2D eigenvalue weighted by molar-refractivity contribution is -0.145. The van der Waals surface area contributed by atoms with Crippen molar-refractivity contribution in [2.75, 3.05) is 20.7 Å². The average molecular weight is 687 g/mol. The van der Waals surface area contributed by atoms with Gasteiger partial charge in [0.25, 0.3) is 0 Å². The summed E-state index contributed by atoms with van der Waals surface area (Å²) >= 11 is 1.69. The molecule has 2 amide bonds. The molecule has 10 nitrogen and oxygen atoms in total. The number of carbonyl (C=O) groups is 3. The second-order valence-electron chi connectivity index (χ2n) is 14.4. The SMILES string of the molecule is COc1ccc2c(O[C@@H]3C[C@H]4C(=O)NC5(C(=O)O)C[C@@H]5/C=C\CCCCN(C)C(=O)[C@@H]4C3)cc(-c3csc(C4CCCCC4)n3)nc2c1C. The van der Waals surface area contributed by atoms with Crippen LogP contribution in [0.1, 0.15) is 87.1 Å². The molecule has 1 aromatic carbocycles. The molecular formula is C38H46N4O6S. The molecule has 4 aliphatic rings. The number of carboxylic acids is 1. The number of thiazole rings is 1. The Bertz CT molecular complexity index is 1780. The van der Waals surface area contributed by atoms with Crippen LogP contribution >= 0.6 is 11.3 Å². The van der Waals surface area contributed by atoms with Gasteiger partial charge in [0.1, 0.15) is 23.1 Å². The first kappa shape index (κ1) is 33.5. The zero-order chi connectivity index (χ0) is 34.3. The standard InChI is InChI=1S/C38H46N4O6S/c1-22-31(47-3)15-14-26-32(19-29(39-33(22)26)30-21-49-35(40-30)23-11-7-6-8-12-23)48-25-17-27-28(18-25)36(44)42(2)16-10-5-4-9-13-24-20-38(24,37(45)46)41-34(27)43/h9,13-15,19,21,23-25,27-28H,4-8,10-12,16-18,20H2,1-3H3,(H,41,43)(H,45,46)/b13-9-/t24-,25+,27+,28+,38?/m0/s1. The van der Waals surface area contributed by atoms with E-state index in [4.69, 9.17) is 19.4 Å². The Labute approximate surface area is 291 Å². The van der Waals surface area contributed by atoms with E-state index in [1.54, 1.807) is 30.4 Å². The summed E-state index contributed by atoms with van der Waals surface area (Å²) in [4.78, 5) is 52.0. The molecule has 3 fully saturated rings. The zero-order valence-electron chi connectivity index (χ0n) is 28.6. The van der Waals surface area contributed by atoms with Gasteiger partial charge in [0, 0.05) is 47.8 Å². The number of pyridine rings is 1. The fraction of sp³-hybridized carbons (Fsp3) is 0.553. The number of benzene rings is 1. The Morgan fingerprint density at radius 2 is 1.84 bits per heavy atom. The number of allylic oxidation sites excluding steroid dienone is 1. The van der Waals surface area contributed by atoms with Gasteiger partial charge in [0.15, 0.2) is 0 Å². The third-order valence-corrected chi connectivity index (χ3v) is 12.2. The van der Waals surface area contributed by atoms with Gasteiger partial charge in [0.2, 0.25) is 11.8 Å². The number of rotatable bonds is 6. The highest BCUT2D eigenvalue weighted by Crippen LogP contribution is 2.47. The third-order valence-electron chi connectivity index (χ3n) is 11.2. The second kappa shape index (κ2) is 13.7. The Morgan fingerprint density at radius 1 is 1.04 bits per heavy atom. The van der Waals surface area contributed by atoms with Gasteiger partial charge in [-0.1, -0.05) is 31.4 Å². The molecular weight excluding hydrogens is 641 g/mol. The van der Waals surface area contributed by atoms with Crippen LogP contribution in [0.3, 0.4) is 0 Å². The maximum absolute atomic E-state index is 13.9. The van der Waals surface area contributed by atoms with E-state index in [1.165, 1.54) is 32.1 Å². The normalized spacial score (nSPS) is 28.7. The largest absolute Gasteiger partial charge is 0.496 e. The summed E-state index contributed by atoms with van der Waals surface area (Å²) in [5, 5.41) is 17.0. The third kappa shape index (κ3) is 6.54. The van der Waals surface area contributed by atoms with Gasteiger partial charge in [0.05, 0.1) is 40.9 Å². The van der Waals surface area contributed by atoms with E-state index in [1.807, 2.05) is 37.3 Å². The fourth-order valence-corrected chi connectivity index (χ4v) is 9.13. The van der Waals surface area contributed by atoms with Crippen LogP contribution in [0.2, 0.25) is 0 Å². The molecule has 0 spiro atoms. The number of ether oxygens (including phenoxy) is 2. The molecule has 1 unspecified atom stereocenters. The highest BCUT2D eigenvalue weighted by molar-refractivity contribution is 7.10. The fourth-order valence-electron chi connectivity index (χ4n) is 8.14.